The predicted octanol–water partition coefficient (Wildman–Crippen LogP) is 3.46. The van der Waals surface area contributed by atoms with Crippen molar-refractivity contribution in [3.8, 4) is 11.5 Å². The second-order valence-electron chi connectivity index (χ2n) is 5.83. The quantitative estimate of drug-likeness (QED) is 0.285. The first-order valence-corrected chi connectivity index (χ1v) is 8.80. The molecule has 0 aliphatic carbocycles. The molecule has 8 nitrogen and oxygen atoms in total. The van der Waals surface area contributed by atoms with Crippen molar-refractivity contribution >= 4 is 11.6 Å². The van der Waals surface area contributed by atoms with Gasteiger partial charge in [0, 0.05) is 30.8 Å². The van der Waals surface area contributed by atoms with Gasteiger partial charge in [0.25, 0.3) is 5.69 Å². The van der Waals surface area contributed by atoms with E-state index in [2.05, 4.69) is 20.4 Å². The second kappa shape index (κ2) is 10.8. The molecule has 29 heavy (non-hydrogen) atoms. The normalized spacial score (nSPS) is 11.3. The van der Waals surface area contributed by atoms with E-state index in [1.165, 1.54) is 31.4 Å². The van der Waals surface area contributed by atoms with Gasteiger partial charge < -0.3 is 20.1 Å². The van der Waals surface area contributed by atoms with E-state index in [9.17, 15) is 18.9 Å². The standard InChI is InChI=1S/C19H22F2N4O4/c1-3-22-19(23-11-13-5-4-6-15(9-13)25(26)27)24-12-14-10-16(28-2)7-8-17(14)29-18(20)21/h4-10,18H,3,11-12H2,1-2H3,(H2,22,23,24). The number of non-ortho nitro benzene ring substituents is 1. The summed E-state index contributed by atoms with van der Waals surface area (Å²) in [6, 6.07) is 10.7. The molecule has 0 unspecified atom stereocenters. The third-order valence-electron chi connectivity index (χ3n) is 3.82. The first-order valence-electron chi connectivity index (χ1n) is 8.80. The Kier molecular flexibility index (Phi) is 8.13. The first kappa shape index (κ1) is 21.9. The fourth-order valence-electron chi connectivity index (χ4n) is 2.49. The van der Waals surface area contributed by atoms with Crippen molar-refractivity contribution in [2.24, 2.45) is 4.99 Å². The van der Waals surface area contributed by atoms with E-state index in [0.717, 1.165) is 0 Å². The summed E-state index contributed by atoms with van der Waals surface area (Å²) in [4.78, 5) is 14.8. The van der Waals surface area contributed by atoms with Gasteiger partial charge >= 0.3 is 6.61 Å². The first-order chi connectivity index (χ1) is 13.9. The van der Waals surface area contributed by atoms with Crippen LogP contribution < -0.4 is 20.1 Å². The minimum Gasteiger partial charge on any atom is -0.497 e. The summed E-state index contributed by atoms with van der Waals surface area (Å²) < 4.78 is 35.0. The van der Waals surface area contributed by atoms with E-state index in [4.69, 9.17) is 4.74 Å². The van der Waals surface area contributed by atoms with Crippen molar-refractivity contribution in [3.63, 3.8) is 0 Å². The van der Waals surface area contributed by atoms with Gasteiger partial charge in [-0.2, -0.15) is 8.78 Å². The molecule has 2 aromatic rings. The number of guanidine groups is 1. The molecule has 0 saturated carbocycles. The molecule has 0 atom stereocenters. The Labute approximate surface area is 166 Å². The average Bonchev–Trinajstić information content (AvgIpc) is 2.70. The average molecular weight is 408 g/mol. The maximum Gasteiger partial charge on any atom is 0.387 e. The molecule has 0 fully saturated rings. The van der Waals surface area contributed by atoms with Crippen molar-refractivity contribution in [1.82, 2.24) is 10.6 Å². The zero-order valence-corrected chi connectivity index (χ0v) is 16.0. The lowest BCUT2D eigenvalue weighted by molar-refractivity contribution is -0.384. The SMILES string of the molecule is CCNC(=NCc1cccc([N+](=O)[O-])c1)NCc1cc(OC)ccc1OC(F)F. The number of hydrogen-bond donors (Lipinski definition) is 2. The Hall–Kier alpha value is -3.43. The molecule has 2 aromatic carbocycles. The van der Waals surface area contributed by atoms with Crippen LogP contribution in [0.3, 0.4) is 0 Å². The number of nitrogens with zero attached hydrogens (tertiary/aromatic N) is 2. The molecule has 156 valence electrons. The van der Waals surface area contributed by atoms with Crippen LogP contribution in [0, 0.1) is 10.1 Å². The van der Waals surface area contributed by atoms with Gasteiger partial charge in [0.1, 0.15) is 11.5 Å². The highest BCUT2D eigenvalue weighted by molar-refractivity contribution is 5.79. The van der Waals surface area contributed by atoms with Gasteiger partial charge in [-0.05, 0) is 30.7 Å². The number of ether oxygens (including phenoxy) is 2. The number of nitrogens with one attached hydrogen (secondary N) is 2. The van der Waals surface area contributed by atoms with Crippen LogP contribution >= 0.6 is 0 Å². The highest BCUT2D eigenvalue weighted by Crippen LogP contribution is 2.25. The van der Waals surface area contributed by atoms with Crippen LogP contribution in [0.2, 0.25) is 0 Å². The largest absolute Gasteiger partial charge is 0.497 e. The molecule has 0 bridgehead atoms. The summed E-state index contributed by atoms with van der Waals surface area (Å²) in [5.41, 5.74) is 1.12. The van der Waals surface area contributed by atoms with Gasteiger partial charge in [-0.3, -0.25) is 10.1 Å². The van der Waals surface area contributed by atoms with Crippen LogP contribution in [-0.4, -0.2) is 31.1 Å². The summed E-state index contributed by atoms with van der Waals surface area (Å²) in [7, 11) is 1.48. The molecule has 0 aliphatic rings. The van der Waals surface area contributed by atoms with E-state index in [-0.39, 0.29) is 24.5 Å². The van der Waals surface area contributed by atoms with Gasteiger partial charge in [0.2, 0.25) is 0 Å². The Morgan fingerprint density at radius 2 is 2.03 bits per heavy atom. The van der Waals surface area contributed by atoms with Crippen LogP contribution in [0.1, 0.15) is 18.1 Å². The van der Waals surface area contributed by atoms with Crippen LogP contribution in [0.4, 0.5) is 14.5 Å². The molecular weight excluding hydrogens is 386 g/mol. The molecule has 2 rings (SSSR count). The third kappa shape index (κ3) is 6.91. The fraction of sp³-hybridized carbons (Fsp3) is 0.316. The molecule has 2 N–H and O–H groups in total. The van der Waals surface area contributed by atoms with Crippen LogP contribution in [-0.2, 0) is 13.1 Å². The highest BCUT2D eigenvalue weighted by Gasteiger charge is 2.12. The molecule has 0 radical (unpaired) electrons. The minimum atomic E-state index is -2.95. The van der Waals surface area contributed by atoms with Gasteiger partial charge in [-0.1, -0.05) is 12.1 Å². The molecule has 0 aliphatic heterocycles. The van der Waals surface area contributed by atoms with E-state index in [0.29, 0.717) is 29.4 Å². The molecule has 0 amide bonds. The lowest BCUT2D eigenvalue weighted by Gasteiger charge is -2.15. The Morgan fingerprint density at radius 1 is 1.24 bits per heavy atom. The summed E-state index contributed by atoms with van der Waals surface area (Å²) in [5, 5.41) is 17.0. The van der Waals surface area contributed by atoms with Crippen molar-refractivity contribution in [1.29, 1.82) is 0 Å². The fourth-order valence-corrected chi connectivity index (χ4v) is 2.49. The monoisotopic (exact) mass is 408 g/mol. The van der Waals surface area contributed by atoms with Gasteiger partial charge in [-0.15, -0.1) is 0 Å². The smallest absolute Gasteiger partial charge is 0.387 e. The Bertz CT molecular complexity index is 862. The van der Waals surface area contributed by atoms with E-state index in [1.54, 1.807) is 18.2 Å². The molecule has 10 heteroatoms. The van der Waals surface area contributed by atoms with Gasteiger partial charge in [-0.25, -0.2) is 4.99 Å². The third-order valence-corrected chi connectivity index (χ3v) is 3.82. The number of benzene rings is 2. The van der Waals surface area contributed by atoms with Crippen molar-refractivity contribution < 1.29 is 23.2 Å². The van der Waals surface area contributed by atoms with Crippen LogP contribution in [0.15, 0.2) is 47.5 Å². The maximum absolute atomic E-state index is 12.6. The van der Waals surface area contributed by atoms with Gasteiger partial charge in [0.15, 0.2) is 5.96 Å². The second-order valence-corrected chi connectivity index (χ2v) is 5.83. The lowest BCUT2D eigenvalue weighted by Crippen LogP contribution is -2.36. The van der Waals surface area contributed by atoms with Crippen molar-refractivity contribution in [2.75, 3.05) is 13.7 Å². The number of aliphatic imine (C=N–C) groups is 1. The Balaban J connectivity index is 2.13. The summed E-state index contributed by atoms with van der Waals surface area (Å²) in [5.74, 6) is 0.953. The molecule has 0 spiro atoms. The van der Waals surface area contributed by atoms with Crippen LogP contribution in [0.5, 0.6) is 11.5 Å². The van der Waals surface area contributed by atoms with Gasteiger partial charge in [0.05, 0.1) is 18.6 Å². The minimum absolute atomic E-state index is 0.0131. The lowest BCUT2D eigenvalue weighted by atomic mass is 10.2. The van der Waals surface area contributed by atoms with E-state index >= 15 is 0 Å². The molecule has 0 saturated heterocycles. The number of hydrogen-bond acceptors (Lipinski definition) is 5. The zero-order chi connectivity index (χ0) is 21.2. The van der Waals surface area contributed by atoms with Crippen molar-refractivity contribution in [2.45, 2.75) is 26.6 Å². The van der Waals surface area contributed by atoms with E-state index < -0.39 is 11.5 Å². The van der Waals surface area contributed by atoms with Crippen molar-refractivity contribution in [3.05, 3.63) is 63.7 Å². The summed E-state index contributed by atoms with van der Waals surface area (Å²) in [6.07, 6.45) is 0. The number of nitro benzene ring substituents is 1. The maximum atomic E-state index is 12.6. The zero-order valence-electron chi connectivity index (χ0n) is 16.0. The topological polar surface area (TPSA) is 98.0 Å². The predicted molar refractivity (Wildman–Crippen MR) is 104 cm³/mol. The highest BCUT2D eigenvalue weighted by atomic mass is 19.3. The van der Waals surface area contributed by atoms with Crippen LogP contribution in [0.25, 0.3) is 0 Å². The van der Waals surface area contributed by atoms with E-state index in [1.807, 2.05) is 6.92 Å². The summed E-state index contributed by atoms with van der Waals surface area (Å²) in [6.45, 7) is -0.145. The number of halogens is 2. The molecule has 0 heterocycles. The Morgan fingerprint density at radius 3 is 2.69 bits per heavy atom. The number of rotatable bonds is 9. The summed E-state index contributed by atoms with van der Waals surface area (Å²) >= 11 is 0. The number of methoxy groups -OCH3 is 1. The number of alkyl halides is 2. The molecule has 0 aromatic heterocycles. The number of nitro groups is 1. The molecular formula is C19H22F2N4O4.